The van der Waals surface area contributed by atoms with E-state index < -0.39 is 5.66 Å². The first-order valence-corrected chi connectivity index (χ1v) is 11.0. The Morgan fingerprint density at radius 2 is 1.84 bits per heavy atom. The molecule has 0 bridgehead atoms. The monoisotopic (exact) mass is 439 g/mol. The third-order valence-electron chi connectivity index (χ3n) is 5.96. The SMILES string of the molecule is COc1ccc(NC(=O)CN2C(=O)C(c3ccccc3)=NC23CCCCCC3)cc1Cl. The van der Waals surface area contributed by atoms with Crippen molar-refractivity contribution in [3.05, 3.63) is 59.1 Å². The van der Waals surface area contributed by atoms with Gasteiger partial charge < -0.3 is 15.0 Å². The van der Waals surface area contributed by atoms with E-state index in [0.29, 0.717) is 22.2 Å². The molecule has 162 valence electrons. The van der Waals surface area contributed by atoms with E-state index in [1.807, 2.05) is 30.3 Å². The summed E-state index contributed by atoms with van der Waals surface area (Å²) < 4.78 is 5.15. The van der Waals surface area contributed by atoms with Gasteiger partial charge in [-0.1, -0.05) is 54.8 Å². The minimum absolute atomic E-state index is 0.0533. The van der Waals surface area contributed by atoms with Crippen molar-refractivity contribution in [1.29, 1.82) is 0 Å². The van der Waals surface area contributed by atoms with Crippen LogP contribution in [0.15, 0.2) is 53.5 Å². The molecular weight excluding hydrogens is 414 g/mol. The molecule has 1 saturated carbocycles. The summed E-state index contributed by atoms with van der Waals surface area (Å²) in [5, 5.41) is 3.26. The van der Waals surface area contributed by atoms with Crippen LogP contribution in [0, 0.1) is 0 Å². The highest BCUT2D eigenvalue weighted by Gasteiger charge is 2.47. The number of anilines is 1. The van der Waals surface area contributed by atoms with E-state index in [-0.39, 0.29) is 18.4 Å². The Kier molecular flexibility index (Phi) is 6.28. The summed E-state index contributed by atoms with van der Waals surface area (Å²) in [5.41, 5.74) is 1.15. The Hall–Kier alpha value is -2.86. The van der Waals surface area contributed by atoms with E-state index in [9.17, 15) is 9.59 Å². The predicted octanol–water partition coefficient (Wildman–Crippen LogP) is 4.67. The molecule has 1 aliphatic carbocycles. The fraction of sp³-hybridized carbons (Fsp3) is 0.375. The maximum Gasteiger partial charge on any atom is 0.275 e. The van der Waals surface area contributed by atoms with Gasteiger partial charge >= 0.3 is 0 Å². The largest absolute Gasteiger partial charge is 0.495 e. The van der Waals surface area contributed by atoms with Crippen LogP contribution in [0.1, 0.15) is 44.1 Å². The normalized spacial score (nSPS) is 17.9. The Balaban J connectivity index is 1.57. The van der Waals surface area contributed by atoms with Gasteiger partial charge in [-0.2, -0.15) is 0 Å². The number of carbonyl (C=O) groups excluding carboxylic acids is 2. The van der Waals surface area contributed by atoms with Gasteiger partial charge in [0.25, 0.3) is 5.91 Å². The number of ether oxygens (including phenoxy) is 1. The van der Waals surface area contributed by atoms with Crippen LogP contribution in [0.4, 0.5) is 5.69 Å². The first-order valence-electron chi connectivity index (χ1n) is 10.6. The summed E-state index contributed by atoms with van der Waals surface area (Å²) in [4.78, 5) is 32.9. The fourth-order valence-corrected chi connectivity index (χ4v) is 4.66. The van der Waals surface area contributed by atoms with Crippen LogP contribution in [-0.2, 0) is 9.59 Å². The smallest absolute Gasteiger partial charge is 0.275 e. The molecule has 2 amide bonds. The molecule has 1 aliphatic heterocycles. The summed E-state index contributed by atoms with van der Waals surface area (Å²) in [7, 11) is 1.54. The van der Waals surface area contributed by atoms with Gasteiger partial charge in [0.15, 0.2) is 0 Å². The summed E-state index contributed by atoms with van der Waals surface area (Å²) in [6, 6.07) is 14.5. The second kappa shape index (κ2) is 9.10. The molecule has 1 spiro atoms. The summed E-state index contributed by atoms with van der Waals surface area (Å²) in [6.07, 6.45) is 5.77. The van der Waals surface area contributed by atoms with Crippen molar-refractivity contribution < 1.29 is 14.3 Å². The number of hydrogen-bond acceptors (Lipinski definition) is 4. The first kappa shape index (κ1) is 21.4. The van der Waals surface area contributed by atoms with Gasteiger partial charge in [-0.3, -0.25) is 14.6 Å². The third kappa shape index (κ3) is 4.44. The number of nitrogens with zero attached hydrogens (tertiary/aromatic N) is 2. The van der Waals surface area contributed by atoms with Crippen LogP contribution in [0.25, 0.3) is 0 Å². The lowest BCUT2D eigenvalue weighted by Gasteiger charge is -2.35. The van der Waals surface area contributed by atoms with Crippen molar-refractivity contribution in [3.63, 3.8) is 0 Å². The molecule has 7 heteroatoms. The maximum absolute atomic E-state index is 13.4. The summed E-state index contributed by atoms with van der Waals surface area (Å²) in [5.74, 6) is 0.0754. The Labute approximate surface area is 187 Å². The topological polar surface area (TPSA) is 71.0 Å². The number of nitrogens with one attached hydrogen (secondary N) is 1. The average Bonchev–Trinajstić information content (AvgIpc) is 2.91. The Morgan fingerprint density at radius 3 is 2.48 bits per heavy atom. The highest BCUT2D eigenvalue weighted by molar-refractivity contribution is 6.47. The zero-order valence-corrected chi connectivity index (χ0v) is 18.3. The lowest BCUT2D eigenvalue weighted by molar-refractivity contribution is -0.133. The number of methoxy groups -OCH3 is 1. The molecule has 1 heterocycles. The van der Waals surface area contributed by atoms with Crippen LogP contribution in [-0.4, -0.2) is 41.7 Å². The maximum atomic E-state index is 13.4. The molecule has 1 fully saturated rings. The van der Waals surface area contributed by atoms with E-state index in [1.54, 1.807) is 23.1 Å². The van der Waals surface area contributed by atoms with Crippen LogP contribution in [0.2, 0.25) is 5.02 Å². The van der Waals surface area contributed by atoms with Crippen molar-refractivity contribution >= 4 is 34.8 Å². The molecule has 0 atom stereocenters. The van der Waals surface area contributed by atoms with Crippen LogP contribution in [0.3, 0.4) is 0 Å². The Morgan fingerprint density at radius 1 is 1.13 bits per heavy atom. The van der Waals surface area contributed by atoms with Crippen molar-refractivity contribution in [2.75, 3.05) is 19.0 Å². The van der Waals surface area contributed by atoms with Gasteiger partial charge in [-0.05, 0) is 43.9 Å². The molecule has 2 aromatic carbocycles. The standard InChI is InChI=1S/C24H26ClN3O3/c1-31-20-12-11-18(15-19(20)25)26-21(29)16-28-23(30)22(17-9-5-4-6-10-17)27-24(28)13-7-2-3-8-14-24/h4-6,9-12,15H,2-3,7-8,13-14,16H2,1H3,(H,26,29). The number of carbonyl (C=O) groups is 2. The van der Waals surface area contributed by atoms with E-state index >= 15 is 0 Å². The van der Waals surface area contributed by atoms with Crippen molar-refractivity contribution in [2.24, 2.45) is 4.99 Å². The number of amides is 2. The molecule has 0 saturated heterocycles. The third-order valence-corrected chi connectivity index (χ3v) is 6.25. The minimum atomic E-state index is -0.645. The molecule has 0 aromatic heterocycles. The van der Waals surface area contributed by atoms with E-state index in [2.05, 4.69) is 5.32 Å². The molecule has 0 radical (unpaired) electrons. The first-order chi connectivity index (χ1) is 15.0. The van der Waals surface area contributed by atoms with Crippen molar-refractivity contribution in [1.82, 2.24) is 4.90 Å². The van der Waals surface area contributed by atoms with E-state index in [4.69, 9.17) is 21.3 Å². The van der Waals surface area contributed by atoms with Gasteiger partial charge in [0.2, 0.25) is 5.91 Å². The van der Waals surface area contributed by atoms with Gasteiger partial charge in [-0.25, -0.2) is 0 Å². The molecule has 4 rings (SSSR count). The van der Waals surface area contributed by atoms with E-state index in [1.165, 1.54) is 7.11 Å². The molecule has 2 aromatic rings. The number of aliphatic imine (C=N–C) groups is 1. The van der Waals surface area contributed by atoms with Gasteiger partial charge in [0.1, 0.15) is 23.7 Å². The van der Waals surface area contributed by atoms with Gasteiger partial charge in [0.05, 0.1) is 12.1 Å². The van der Waals surface area contributed by atoms with Crippen LogP contribution >= 0.6 is 11.6 Å². The minimum Gasteiger partial charge on any atom is -0.495 e. The second-order valence-corrected chi connectivity index (χ2v) is 8.42. The van der Waals surface area contributed by atoms with Crippen molar-refractivity contribution in [2.45, 2.75) is 44.2 Å². The number of halogens is 1. The number of hydrogen-bond donors (Lipinski definition) is 1. The molecule has 2 aliphatic rings. The Bertz CT molecular complexity index is 998. The molecule has 1 N–H and O–H groups in total. The number of benzene rings is 2. The highest BCUT2D eigenvalue weighted by atomic mass is 35.5. The molecule has 6 nitrogen and oxygen atoms in total. The van der Waals surface area contributed by atoms with Crippen molar-refractivity contribution in [3.8, 4) is 5.75 Å². The number of rotatable bonds is 5. The second-order valence-electron chi connectivity index (χ2n) is 8.01. The van der Waals surface area contributed by atoms with Gasteiger partial charge in [0, 0.05) is 11.3 Å². The predicted molar refractivity (Wildman–Crippen MR) is 122 cm³/mol. The van der Waals surface area contributed by atoms with E-state index in [0.717, 1.165) is 44.1 Å². The quantitative estimate of drug-likeness (QED) is 0.735. The zero-order valence-electron chi connectivity index (χ0n) is 17.6. The van der Waals surface area contributed by atoms with Crippen LogP contribution in [0.5, 0.6) is 5.75 Å². The molecular formula is C24H26ClN3O3. The average molecular weight is 440 g/mol. The molecule has 31 heavy (non-hydrogen) atoms. The van der Waals surface area contributed by atoms with Crippen LogP contribution < -0.4 is 10.1 Å². The fourth-order valence-electron chi connectivity index (χ4n) is 4.40. The zero-order chi connectivity index (χ0) is 21.8. The molecule has 0 unspecified atom stereocenters. The summed E-state index contributed by atoms with van der Waals surface area (Å²) in [6.45, 7) is -0.0533. The highest BCUT2D eigenvalue weighted by Crippen LogP contribution is 2.38. The van der Waals surface area contributed by atoms with Gasteiger partial charge in [-0.15, -0.1) is 0 Å². The lowest BCUT2D eigenvalue weighted by Crippen LogP contribution is -2.50. The lowest BCUT2D eigenvalue weighted by atomic mass is 10.00. The summed E-state index contributed by atoms with van der Waals surface area (Å²) >= 11 is 6.17.